The van der Waals surface area contributed by atoms with E-state index in [1.807, 2.05) is 0 Å². The number of carbonyl (C=O) groups excluding carboxylic acids is 1. The van der Waals surface area contributed by atoms with Gasteiger partial charge in [-0.3, -0.25) is 4.79 Å². The van der Waals surface area contributed by atoms with Crippen molar-refractivity contribution in [3.63, 3.8) is 0 Å². The number of hydrogen-bond donors (Lipinski definition) is 1. The molecular formula is C21H22F3NO2. The van der Waals surface area contributed by atoms with E-state index in [9.17, 15) is 23.1 Å². The van der Waals surface area contributed by atoms with Gasteiger partial charge in [0, 0.05) is 13.1 Å². The third kappa shape index (κ3) is 4.81. The molecule has 144 valence electrons. The van der Waals surface area contributed by atoms with Crippen LogP contribution in [-0.4, -0.2) is 29.0 Å². The predicted octanol–water partition coefficient (Wildman–Crippen LogP) is 4.90. The number of aryl methyl sites for hydroxylation is 1. The Kier molecular flexibility index (Phi) is 5.73. The van der Waals surface area contributed by atoms with Crippen molar-refractivity contribution < 1.29 is 23.1 Å². The molecule has 1 fully saturated rings. The molecule has 0 unspecified atom stereocenters. The van der Waals surface area contributed by atoms with Gasteiger partial charge in [-0.2, -0.15) is 13.2 Å². The van der Waals surface area contributed by atoms with Crippen molar-refractivity contribution in [2.45, 2.75) is 31.9 Å². The minimum absolute atomic E-state index is 0.0337. The molecule has 1 heterocycles. The number of amides is 1. The second kappa shape index (κ2) is 8.03. The van der Waals surface area contributed by atoms with E-state index in [1.165, 1.54) is 18.2 Å². The van der Waals surface area contributed by atoms with Crippen molar-refractivity contribution in [2.75, 3.05) is 13.1 Å². The largest absolute Gasteiger partial charge is 0.507 e. The maximum absolute atomic E-state index is 12.8. The van der Waals surface area contributed by atoms with Gasteiger partial charge >= 0.3 is 6.18 Å². The second-order valence-electron chi connectivity index (χ2n) is 7.01. The highest BCUT2D eigenvalue weighted by Crippen LogP contribution is 2.30. The molecule has 6 heteroatoms. The lowest BCUT2D eigenvalue weighted by molar-refractivity contribution is -0.137. The van der Waals surface area contributed by atoms with Gasteiger partial charge in [0.15, 0.2) is 0 Å². The summed E-state index contributed by atoms with van der Waals surface area (Å²) in [4.78, 5) is 14.4. The summed E-state index contributed by atoms with van der Waals surface area (Å²) >= 11 is 0. The summed E-state index contributed by atoms with van der Waals surface area (Å²) in [6, 6.07) is 11.9. The third-order valence-electron chi connectivity index (χ3n) is 5.04. The SMILES string of the molecule is O=C(c1ccccc1O)N1CCC[C@H](CCc2cccc(C(F)(F)F)c2)C1. The summed E-state index contributed by atoms with van der Waals surface area (Å²) in [5, 5.41) is 9.88. The average Bonchev–Trinajstić information content (AvgIpc) is 2.66. The van der Waals surface area contributed by atoms with Gasteiger partial charge in [-0.1, -0.05) is 30.3 Å². The van der Waals surface area contributed by atoms with Gasteiger partial charge < -0.3 is 10.0 Å². The Morgan fingerprint density at radius 1 is 1.15 bits per heavy atom. The van der Waals surface area contributed by atoms with E-state index in [0.29, 0.717) is 25.1 Å². The fourth-order valence-corrected chi connectivity index (χ4v) is 3.58. The minimum atomic E-state index is -4.33. The minimum Gasteiger partial charge on any atom is -0.507 e. The van der Waals surface area contributed by atoms with E-state index in [0.717, 1.165) is 25.3 Å². The summed E-state index contributed by atoms with van der Waals surface area (Å²) in [6.45, 7) is 1.19. The molecule has 0 saturated carbocycles. The van der Waals surface area contributed by atoms with Crippen molar-refractivity contribution in [3.05, 3.63) is 65.2 Å². The number of phenolic OH excluding ortho intramolecular Hbond substituents is 1. The van der Waals surface area contributed by atoms with Crippen LogP contribution in [0.25, 0.3) is 0 Å². The van der Waals surface area contributed by atoms with Crippen molar-refractivity contribution in [3.8, 4) is 5.75 Å². The van der Waals surface area contributed by atoms with E-state index < -0.39 is 11.7 Å². The Bertz CT molecular complexity index is 804. The monoisotopic (exact) mass is 377 g/mol. The summed E-state index contributed by atoms with van der Waals surface area (Å²) in [5.41, 5.74) is 0.324. The first-order chi connectivity index (χ1) is 12.8. The summed E-state index contributed by atoms with van der Waals surface area (Å²) in [6.07, 6.45) is -1.25. The number of hydrogen-bond acceptors (Lipinski definition) is 2. The summed E-state index contributed by atoms with van der Waals surface area (Å²) in [5.74, 6) is 0.00792. The zero-order valence-corrected chi connectivity index (χ0v) is 14.9. The van der Waals surface area contributed by atoms with Gasteiger partial charge in [-0.05, 0) is 55.4 Å². The number of aromatic hydroxyl groups is 1. The van der Waals surface area contributed by atoms with E-state index in [4.69, 9.17) is 0 Å². The number of nitrogens with zero attached hydrogens (tertiary/aromatic N) is 1. The molecule has 0 bridgehead atoms. The molecule has 1 amide bonds. The number of likely N-dealkylation sites (tertiary alicyclic amines) is 1. The number of piperidine rings is 1. The highest BCUT2D eigenvalue weighted by Gasteiger charge is 2.30. The summed E-state index contributed by atoms with van der Waals surface area (Å²) < 4.78 is 38.5. The Hall–Kier alpha value is -2.50. The van der Waals surface area contributed by atoms with Crippen molar-refractivity contribution >= 4 is 5.91 Å². The molecule has 2 aromatic rings. The third-order valence-corrected chi connectivity index (χ3v) is 5.04. The first-order valence-corrected chi connectivity index (χ1v) is 9.08. The number of rotatable bonds is 4. The van der Waals surface area contributed by atoms with E-state index in [1.54, 1.807) is 29.2 Å². The van der Waals surface area contributed by atoms with Gasteiger partial charge in [0.05, 0.1) is 11.1 Å². The molecule has 1 N–H and O–H groups in total. The molecular weight excluding hydrogens is 355 g/mol. The van der Waals surface area contributed by atoms with Crippen LogP contribution < -0.4 is 0 Å². The Balaban J connectivity index is 1.61. The lowest BCUT2D eigenvalue weighted by Gasteiger charge is -2.33. The number of phenols is 1. The average molecular weight is 377 g/mol. The molecule has 0 aliphatic carbocycles. The fraction of sp³-hybridized carbons (Fsp3) is 0.381. The first kappa shape index (κ1) is 19.3. The molecule has 27 heavy (non-hydrogen) atoms. The second-order valence-corrected chi connectivity index (χ2v) is 7.01. The van der Waals surface area contributed by atoms with Gasteiger partial charge in [0.2, 0.25) is 0 Å². The molecule has 1 aliphatic heterocycles. The number of alkyl halides is 3. The number of para-hydroxylation sites is 1. The smallest absolute Gasteiger partial charge is 0.416 e. The van der Waals surface area contributed by atoms with E-state index in [2.05, 4.69) is 0 Å². The molecule has 0 aromatic heterocycles. The van der Waals surface area contributed by atoms with Crippen LogP contribution in [0.3, 0.4) is 0 Å². The normalized spacial score (nSPS) is 17.7. The Morgan fingerprint density at radius 2 is 1.93 bits per heavy atom. The molecule has 3 nitrogen and oxygen atoms in total. The van der Waals surface area contributed by atoms with Crippen molar-refractivity contribution in [1.82, 2.24) is 4.90 Å². The topological polar surface area (TPSA) is 40.5 Å². The number of benzene rings is 2. The van der Waals surface area contributed by atoms with Gasteiger partial charge in [0.1, 0.15) is 5.75 Å². The fourth-order valence-electron chi connectivity index (χ4n) is 3.58. The maximum Gasteiger partial charge on any atom is 0.416 e. The number of carbonyl (C=O) groups is 1. The highest BCUT2D eigenvalue weighted by molar-refractivity contribution is 5.96. The van der Waals surface area contributed by atoms with Crippen LogP contribution in [0.15, 0.2) is 48.5 Å². The van der Waals surface area contributed by atoms with Crippen molar-refractivity contribution in [2.24, 2.45) is 5.92 Å². The van der Waals surface area contributed by atoms with E-state index in [-0.39, 0.29) is 23.1 Å². The first-order valence-electron chi connectivity index (χ1n) is 9.08. The molecule has 1 atom stereocenters. The van der Waals surface area contributed by atoms with Crippen LogP contribution in [0, 0.1) is 5.92 Å². The van der Waals surface area contributed by atoms with Crippen LogP contribution in [-0.2, 0) is 12.6 Å². The van der Waals surface area contributed by atoms with Crippen LogP contribution in [0.1, 0.15) is 40.7 Å². The Labute approximate surface area is 156 Å². The molecule has 1 aliphatic rings. The van der Waals surface area contributed by atoms with Crippen LogP contribution in [0.2, 0.25) is 0 Å². The molecule has 1 saturated heterocycles. The molecule has 0 spiro atoms. The molecule has 3 rings (SSSR count). The van der Waals surface area contributed by atoms with Gasteiger partial charge in [-0.15, -0.1) is 0 Å². The van der Waals surface area contributed by atoms with Crippen LogP contribution >= 0.6 is 0 Å². The molecule has 2 aromatic carbocycles. The van der Waals surface area contributed by atoms with Gasteiger partial charge in [0.25, 0.3) is 5.91 Å². The number of halogens is 3. The summed E-state index contributed by atoms with van der Waals surface area (Å²) in [7, 11) is 0. The Morgan fingerprint density at radius 3 is 2.67 bits per heavy atom. The molecule has 0 radical (unpaired) electrons. The lowest BCUT2D eigenvalue weighted by atomic mass is 9.91. The van der Waals surface area contributed by atoms with E-state index >= 15 is 0 Å². The van der Waals surface area contributed by atoms with Gasteiger partial charge in [-0.25, -0.2) is 0 Å². The highest BCUT2D eigenvalue weighted by atomic mass is 19.4. The van der Waals surface area contributed by atoms with Crippen LogP contribution in [0.5, 0.6) is 5.75 Å². The van der Waals surface area contributed by atoms with Crippen LogP contribution in [0.4, 0.5) is 13.2 Å². The quantitative estimate of drug-likeness (QED) is 0.824. The lowest BCUT2D eigenvalue weighted by Crippen LogP contribution is -2.40. The predicted molar refractivity (Wildman–Crippen MR) is 96.5 cm³/mol. The zero-order valence-electron chi connectivity index (χ0n) is 14.9. The maximum atomic E-state index is 12.8. The van der Waals surface area contributed by atoms with Crippen molar-refractivity contribution in [1.29, 1.82) is 0 Å². The zero-order chi connectivity index (χ0) is 19.4. The standard InChI is InChI=1S/C21H22F3NO2/c22-21(23,24)17-7-3-5-15(13-17)10-11-16-6-4-12-25(14-16)20(27)18-8-1-2-9-19(18)26/h1-3,5,7-9,13,16,26H,4,6,10-12,14H2/t16-/m1/s1.